The van der Waals surface area contributed by atoms with Gasteiger partial charge in [-0.2, -0.15) is 4.98 Å². The Morgan fingerprint density at radius 2 is 2.12 bits per heavy atom. The molecule has 0 bridgehead atoms. The maximum Gasteiger partial charge on any atom is 0.522 e. The molecule has 5 nitrogen and oxygen atoms in total. The third kappa shape index (κ3) is 5.66. The average molecular weight is 239 g/mol. The SMILES string of the molecule is Cc1noc(CCNCCOC(F)(F)F)n1. The Kier molecular flexibility index (Phi) is 4.69. The number of hydrogen-bond acceptors (Lipinski definition) is 5. The van der Waals surface area contributed by atoms with Crippen LogP contribution < -0.4 is 5.32 Å². The highest BCUT2D eigenvalue weighted by Crippen LogP contribution is 2.14. The molecule has 0 aromatic carbocycles. The topological polar surface area (TPSA) is 60.2 Å². The second-order valence-electron chi connectivity index (χ2n) is 3.03. The summed E-state index contributed by atoms with van der Waals surface area (Å²) >= 11 is 0. The van der Waals surface area contributed by atoms with Crippen LogP contribution in [0.15, 0.2) is 4.52 Å². The lowest BCUT2D eigenvalue weighted by Gasteiger charge is -2.07. The number of nitrogens with zero attached hydrogens (tertiary/aromatic N) is 2. The van der Waals surface area contributed by atoms with E-state index in [2.05, 4.69) is 20.2 Å². The maximum absolute atomic E-state index is 11.5. The van der Waals surface area contributed by atoms with Gasteiger partial charge in [0.25, 0.3) is 0 Å². The van der Waals surface area contributed by atoms with Crippen molar-refractivity contribution in [3.05, 3.63) is 11.7 Å². The van der Waals surface area contributed by atoms with Crippen molar-refractivity contribution in [2.24, 2.45) is 0 Å². The Balaban J connectivity index is 2.00. The fourth-order valence-electron chi connectivity index (χ4n) is 1.00. The van der Waals surface area contributed by atoms with Crippen LogP contribution in [-0.2, 0) is 11.2 Å². The van der Waals surface area contributed by atoms with E-state index in [9.17, 15) is 13.2 Å². The molecule has 0 unspecified atom stereocenters. The number of aryl methyl sites for hydroxylation is 1. The largest absolute Gasteiger partial charge is 0.522 e. The van der Waals surface area contributed by atoms with Gasteiger partial charge in [0.2, 0.25) is 5.89 Å². The Bertz CT molecular complexity index is 314. The number of ether oxygens (including phenoxy) is 1. The van der Waals surface area contributed by atoms with E-state index in [0.29, 0.717) is 24.7 Å². The Morgan fingerprint density at radius 3 is 2.69 bits per heavy atom. The summed E-state index contributed by atoms with van der Waals surface area (Å²) in [5, 5.41) is 6.34. The summed E-state index contributed by atoms with van der Waals surface area (Å²) in [7, 11) is 0. The summed E-state index contributed by atoms with van der Waals surface area (Å²) in [6, 6.07) is 0. The van der Waals surface area contributed by atoms with Crippen LogP contribution >= 0.6 is 0 Å². The molecule has 0 aliphatic rings. The van der Waals surface area contributed by atoms with Crippen LogP contribution in [0.4, 0.5) is 13.2 Å². The molecule has 0 saturated carbocycles. The normalized spacial score (nSPS) is 12.0. The van der Waals surface area contributed by atoms with E-state index in [1.807, 2.05) is 0 Å². The fraction of sp³-hybridized carbons (Fsp3) is 0.750. The molecule has 0 aliphatic heterocycles. The van der Waals surface area contributed by atoms with Gasteiger partial charge in [0, 0.05) is 19.5 Å². The lowest BCUT2D eigenvalue weighted by molar-refractivity contribution is -0.323. The molecule has 16 heavy (non-hydrogen) atoms. The van der Waals surface area contributed by atoms with Crippen molar-refractivity contribution in [1.29, 1.82) is 0 Å². The van der Waals surface area contributed by atoms with Gasteiger partial charge in [0.1, 0.15) is 0 Å². The number of aromatic nitrogens is 2. The predicted octanol–water partition coefficient (Wildman–Crippen LogP) is 1.05. The van der Waals surface area contributed by atoms with E-state index >= 15 is 0 Å². The van der Waals surface area contributed by atoms with Gasteiger partial charge in [-0.05, 0) is 6.92 Å². The fourth-order valence-corrected chi connectivity index (χ4v) is 1.00. The van der Waals surface area contributed by atoms with Crippen LogP contribution in [0.2, 0.25) is 0 Å². The standard InChI is InChI=1S/C8H12F3N3O2/c1-6-13-7(16-14-6)2-3-12-4-5-15-8(9,10)11/h12H,2-5H2,1H3. The molecule has 1 aromatic heterocycles. The quantitative estimate of drug-likeness (QED) is 0.752. The molecule has 0 fully saturated rings. The first-order valence-electron chi connectivity index (χ1n) is 4.68. The molecule has 1 N–H and O–H groups in total. The van der Waals surface area contributed by atoms with Crippen molar-refractivity contribution in [3.63, 3.8) is 0 Å². The van der Waals surface area contributed by atoms with Gasteiger partial charge in [-0.3, -0.25) is 4.74 Å². The summed E-state index contributed by atoms with van der Waals surface area (Å²) in [4.78, 5) is 3.94. The molecule has 1 rings (SSSR count). The van der Waals surface area contributed by atoms with Gasteiger partial charge in [0.15, 0.2) is 5.82 Å². The van der Waals surface area contributed by atoms with E-state index in [0.717, 1.165) is 0 Å². The van der Waals surface area contributed by atoms with Crippen molar-refractivity contribution in [1.82, 2.24) is 15.5 Å². The highest BCUT2D eigenvalue weighted by atomic mass is 19.4. The Morgan fingerprint density at radius 1 is 1.38 bits per heavy atom. The molecule has 0 aliphatic carbocycles. The zero-order chi connectivity index (χ0) is 12.0. The Labute approximate surface area is 90.0 Å². The van der Waals surface area contributed by atoms with Gasteiger partial charge >= 0.3 is 6.36 Å². The Hall–Kier alpha value is -1.15. The zero-order valence-electron chi connectivity index (χ0n) is 8.67. The molecule has 8 heteroatoms. The van der Waals surface area contributed by atoms with E-state index in [4.69, 9.17) is 4.52 Å². The minimum atomic E-state index is -4.56. The summed E-state index contributed by atoms with van der Waals surface area (Å²) in [6.45, 7) is 1.86. The average Bonchev–Trinajstić information content (AvgIpc) is 2.56. The predicted molar refractivity (Wildman–Crippen MR) is 47.6 cm³/mol. The zero-order valence-corrected chi connectivity index (χ0v) is 8.67. The van der Waals surface area contributed by atoms with Crippen molar-refractivity contribution < 1.29 is 22.4 Å². The minimum Gasteiger partial charge on any atom is -0.339 e. The van der Waals surface area contributed by atoms with Crippen molar-refractivity contribution in [2.75, 3.05) is 19.7 Å². The number of rotatable bonds is 6. The molecule has 0 atom stereocenters. The highest BCUT2D eigenvalue weighted by molar-refractivity contribution is 4.83. The highest BCUT2D eigenvalue weighted by Gasteiger charge is 2.28. The van der Waals surface area contributed by atoms with Gasteiger partial charge in [0.05, 0.1) is 6.61 Å². The molecule has 1 aromatic rings. The van der Waals surface area contributed by atoms with Crippen molar-refractivity contribution >= 4 is 0 Å². The molecule has 0 amide bonds. The van der Waals surface area contributed by atoms with Gasteiger partial charge in [-0.1, -0.05) is 5.16 Å². The summed E-state index contributed by atoms with van der Waals surface area (Å²) in [6.07, 6.45) is -4.09. The van der Waals surface area contributed by atoms with E-state index in [1.54, 1.807) is 6.92 Å². The number of halogens is 3. The lowest BCUT2D eigenvalue weighted by Crippen LogP contribution is -2.25. The third-order valence-corrected chi connectivity index (χ3v) is 1.63. The molecule has 92 valence electrons. The van der Waals surface area contributed by atoms with Crippen molar-refractivity contribution in [2.45, 2.75) is 19.7 Å². The van der Waals surface area contributed by atoms with Crippen LogP contribution in [0, 0.1) is 6.92 Å². The summed E-state index contributed by atoms with van der Waals surface area (Å²) in [5.41, 5.74) is 0. The van der Waals surface area contributed by atoms with Crippen LogP contribution in [0.25, 0.3) is 0 Å². The van der Waals surface area contributed by atoms with E-state index in [-0.39, 0.29) is 6.54 Å². The first kappa shape index (κ1) is 12.9. The van der Waals surface area contributed by atoms with Crippen molar-refractivity contribution in [3.8, 4) is 0 Å². The molecular formula is C8H12F3N3O2. The molecule has 0 spiro atoms. The summed E-state index contributed by atoms with van der Waals surface area (Å²) in [5.74, 6) is 0.997. The van der Waals surface area contributed by atoms with Gasteiger partial charge in [-0.25, -0.2) is 0 Å². The number of nitrogens with one attached hydrogen (secondary N) is 1. The lowest BCUT2D eigenvalue weighted by atomic mass is 10.4. The first-order valence-corrected chi connectivity index (χ1v) is 4.68. The minimum absolute atomic E-state index is 0.118. The molecular weight excluding hydrogens is 227 g/mol. The monoisotopic (exact) mass is 239 g/mol. The first-order chi connectivity index (χ1) is 7.47. The number of hydrogen-bond donors (Lipinski definition) is 1. The second kappa shape index (κ2) is 5.80. The van der Waals surface area contributed by atoms with E-state index < -0.39 is 13.0 Å². The maximum atomic E-state index is 11.5. The molecule has 0 saturated heterocycles. The van der Waals surface area contributed by atoms with Crippen LogP contribution in [0.3, 0.4) is 0 Å². The molecule has 1 heterocycles. The number of alkyl halides is 3. The van der Waals surface area contributed by atoms with Gasteiger partial charge in [-0.15, -0.1) is 13.2 Å². The van der Waals surface area contributed by atoms with E-state index in [1.165, 1.54) is 0 Å². The second-order valence-corrected chi connectivity index (χ2v) is 3.03. The smallest absolute Gasteiger partial charge is 0.339 e. The van der Waals surface area contributed by atoms with Crippen LogP contribution in [0.1, 0.15) is 11.7 Å². The summed E-state index contributed by atoms with van der Waals surface area (Å²) < 4.78 is 43.0. The molecule has 0 radical (unpaired) electrons. The van der Waals surface area contributed by atoms with Crippen LogP contribution in [-0.4, -0.2) is 36.2 Å². The third-order valence-electron chi connectivity index (χ3n) is 1.63. The van der Waals surface area contributed by atoms with Crippen LogP contribution in [0.5, 0.6) is 0 Å². The van der Waals surface area contributed by atoms with Gasteiger partial charge < -0.3 is 9.84 Å².